The van der Waals surface area contributed by atoms with Crippen LogP contribution in [0.25, 0.3) is 10.9 Å². The first-order valence-corrected chi connectivity index (χ1v) is 8.09. The first-order chi connectivity index (χ1) is 9.63. The molecule has 3 rings (SSSR count). The zero-order valence-electron chi connectivity index (χ0n) is 11.0. The number of hydrogen-bond acceptors (Lipinski definition) is 3. The Morgan fingerprint density at radius 1 is 1.20 bits per heavy atom. The molecule has 0 unspecified atom stereocenters. The third-order valence-corrected chi connectivity index (χ3v) is 5.51. The highest BCUT2D eigenvalue weighted by molar-refractivity contribution is 7.89. The fourth-order valence-corrected chi connectivity index (χ4v) is 4.13. The minimum atomic E-state index is -3.48. The highest BCUT2D eigenvalue weighted by Gasteiger charge is 2.27. The van der Waals surface area contributed by atoms with E-state index in [4.69, 9.17) is 5.26 Å². The predicted octanol–water partition coefficient (Wildman–Crippen LogP) is 2.21. The minimum absolute atomic E-state index is 0.178. The summed E-state index contributed by atoms with van der Waals surface area (Å²) in [4.78, 5) is 2.93. The van der Waals surface area contributed by atoms with Gasteiger partial charge in [-0.05, 0) is 31.0 Å². The van der Waals surface area contributed by atoms with Crippen molar-refractivity contribution in [2.45, 2.75) is 24.3 Å². The lowest BCUT2D eigenvalue weighted by Crippen LogP contribution is -2.35. The molecule has 5 nitrogen and oxygen atoms in total. The quantitative estimate of drug-likeness (QED) is 0.920. The van der Waals surface area contributed by atoms with Crippen LogP contribution in [0.3, 0.4) is 0 Å². The predicted molar refractivity (Wildman–Crippen MR) is 75.6 cm³/mol. The summed E-state index contributed by atoms with van der Waals surface area (Å²) in [7, 11) is -3.48. The number of nitrogens with zero attached hydrogens (tertiary/aromatic N) is 2. The van der Waals surface area contributed by atoms with E-state index in [-0.39, 0.29) is 5.03 Å². The second kappa shape index (κ2) is 4.93. The zero-order valence-corrected chi connectivity index (χ0v) is 11.8. The van der Waals surface area contributed by atoms with Crippen molar-refractivity contribution in [1.82, 2.24) is 9.29 Å². The van der Waals surface area contributed by atoms with E-state index in [1.54, 1.807) is 24.3 Å². The topological polar surface area (TPSA) is 77.0 Å². The maximum Gasteiger partial charge on any atom is 0.258 e. The number of aromatic nitrogens is 1. The number of nitriles is 1. The van der Waals surface area contributed by atoms with Crippen LogP contribution in [0.5, 0.6) is 0 Å². The van der Waals surface area contributed by atoms with Crippen molar-refractivity contribution in [3.8, 4) is 6.07 Å². The smallest absolute Gasteiger partial charge is 0.258 e. The number of nitrogens with one attached hydrogen (secondary N) is 1. The number of piperidine rings is 1. The monoisotopic (exact) mass is 289 g/mol. The maximum atomic E-state index is 12.6. The van der Waals surface area contributed by atoms with Crippen molar-refractivity contribution in [3.05, 3.63) is 29.8 Å². The first kappa shape index (κ1) is 13.2. The normalized spacial score (nSPS) is 17.1. The molecule has 0 bridgehead atoms. The third-order valence-electron chi connectivity index (χ3n) is 3.69. The molecule has 0 saturated carbocycles. The molecule has 1 aromatic carbocycles. The second-order valence-electron chi connectivity index (χ2n) is 4.98. The molecule has 104 valence electrons. The number of H-pyrrole nitrogens is 1. The van der Waals surface area contributed by atoms with E-state index in [1.807, 2.05) is 0 Å². The van der Waals surface area contributed by atoms with Crippen molar-refractivity contribution in [1.29, 1.82) is 5.26 Å². The van der Waals surface area contributed by atoms with Gasteiger partial charge in [-0.3, -0.25) is 0 Å². The van der Waals surface area contributed by atoms with E-state index in [1.165, 1.54) is 4.31 Å². The van der Waals surface area contributed by atoms with Crippen molar-refractivity contribution < 1.29 is 8.42 Å². The highest BCUT2D eigenvalue weighted by atomic mass is 32.2. The maximum absolute atomic E-state index is 12.6. The number of sulfonamides is 1. The summed E-state index contributed by atoms with van der Waals surface area (Å²) in [6, 6.07) is 8.87. The van der Waals surface area contributed by atoms with Gasteiger partial charge in [-0.2, -0.15) is 9.57 Å². The molecule has 1 fully saturated rings. The highest BCUT2D eigenvalue weighted by Crippen LogP contribution is 2.25. The van der Waals surface area contributed by atoms with Gasteiger partial charge in [0.15, 0.2) is 0 Å². The van der Waals surface area contributed by atoms with Gasteiger partial charge < -0.3 is 4.98 Å². The van der Waals surface area contributed by atoms with Crippen LogP contribution in [0, 0.1) is 11.3 Å². The Morgan fingerprint density at radius 2 is 1.95 bits per heavy atom. The van der Waals surface area contributed by atoms with E-state index in [0.29, 0.717) is 29.6 Å². The van der Waals surface area contributed by atoms with Gasteiger partial charge in [-0.25, -0.2) is 8.42 Å². The summed E-state index contributed by atoms with van der Waals surface area (Å²) in [6.07, 6.45) is 2.89. The fourth-order valence-electron chi connectivity index (χ4n) is 2.61. The van der Waals surface area contributed by atoms with Gasteiger partial charge in [0.05, 0.1) is 11.6 Å². The number of benzene rings is 1. The molecule has 0 aliphatic carbocycles. The molecule has 1 aliphatic heterocycles. The lowest BCUT2D eigenvalue weighted by Gasteiger charge is -2.25. The van der Waals surface area contributed by atoms with Crippen molar-refractivity contribution in [2.75, 3.05) is 13.1 Å². The van der Waals surface area contributed by atoms with Crippen LogP contribution in [0.1, 0.15) is 24.8 Å². The Morgan fingerprint density at radius 3 is 2.65 bits per heavy atom. The number of aromatic amines is 1. The van der Waals surface area contributed by atoms with E-state index < -0.39 is 10.0 Å². The summed E-state index contributed by atoms with van der Waals surface area (Å²) in [5.74, 6) is 0. The summed E-state index contributed by atoms with van der Waals surface area (Å²) < 4.78 is 26.7. The van der Waals surface area contributed by atoms with E-state index in [2.05, 4.69) is 11.1 Å². The number of rotatable bonds is 2. The van der Waals surface area contributed by atoms with Crippen LogP contribution in [0.2, 0.25) is 0 Å². The van der Waals surface area contributed by atoms with Crippen LogP contribution >= 0.6 is 0 Å². The van der Waals surface area contributed by atoms with Gasteiger partial charge in [-0.15, -0.1) is 0 Å². The summed E-state index contributed by atoms with van der Waals surface area (Å²) in [6.45, 7) is 1.14. The van der Waals surface area contributed by atoms with Gasteiger partial charge in [0, 0.05) is 24.0 Å². The number of fused-ring (bicyclic) bond motifs is 1. The molecule has 6 heteroatoms. The Hall–Kier alpha value is -1.84. The van der Waals surface area contributed by atoms with Gasteiger partial charge in [0.2, 0.25) is 0 Å². The number of hydrogen-bond donors (Lipinski definition) is 1. The standard InChI is InChI=1S/C14H15N3O2S/c15-10-11-5-4-6-13-12(11)9-14(16-13)20(18,19)17-7-2-1-3-8-17/h4-6,9,16H,1-3,7-8H2. The summed E-state index contributed by atoms with van der Waals surface area (Å²) in [5.41, 5.74) is 1.17. The van der Waals surface area contributed by atoms with Crippen LogP contribution in [-0.4, -0.2) is 30.8 Å². The van der Waals surface area contributed by atoms with Crippen LogP contribution in [0.4, 0.5) is 0 Å². The molecule has 2 heterocycles. The van der Waals surface area contributed by atoms with Crippen molar-refractivity contribution >= 4 is 20.9 Å². The van der Waals surface area contributed by atoms with Gasteiger partial charge in [0.1, 0.15) is 5.03 Å². The first-order valence-electron chi connectivity index (χ1n) is 6.65. The molecule has 1 aliphatic rings. The molecule has 20 heavy (non-hydrogen) atoms. The average Bonchev–Trinajstić information content (AvgIpc) is 2.93. The Bertz CT molecular complexity index is 780. The lowest BCUT2D eigenvalue weighted by atomic mass is 10.1. The molecule has 1 N–H and O–H groups in total. The van der Waals surface area contributed by atoms with E-state index in [0.717, 1.165) is 19.3 Å². The zero-order chi connectivity index (χ0) is 14.2. The van der Waals surface area contributed by atoms with Gasteiger partial charge in [-0.1, -0.05) is 12.5 Å². The van der Waals surface area contributed by atoms with Crippen LogP contribution in [0.15, 0.2) is 29.3 Å². The minimum Gasteiger partial charge on any atom is -0.344 e. The van der Waals surface area contributed by atoms with Crippen molar-refractivity contribution in [2.24, 2.45) is 0 Å². The summed E-state index contributed by atoms with van der Waals surface area (Å²) >= 11 is 0. The van der Waals surface area contributed by atoms with Gasteiger partial charge in [0.25, 0.3) is 10.0 Å². The molecule has 0 spiro atoms. The Kier molecular flexibility index (Phi) is 3.24. The average molecular weight is 289 g/mol. The molecule has 0 amide bonds. The fraction of sp³-hybridized carbons (Fsp3) is 0.357. The molecule has 0 radical (unpaired) electrons. The van der Waals surface area contributed by atoms with Gasteiger partial charge >= 0.3 is 0 Å². The second-order valence-corrected chi connectivity index (χ2v) is 6.88. The Balaban J connectivity index is 2.08. The summed E-state index contributed by atoms with van der Waals surface area (Å²) in [5, 5.41) is 9.91. The SMILES string of the molecule is N#Cc1cccc2[nH]c(S(=O)(=O)N3CCCCC3)cc12. The van der Waals surface area contributed by atoms with E-state index >= 15 is 0 Å². The van der Waals surface area contributed by atoms with Crippen molar-refractivity contribution in [3.63, 3.8) is 0 Å². The van der Waals surface area contributed by atoms with E-state index in [9.17, 15) is 8.42 Å². The molecule has 1 aromatic heterocycles. The molecule has 2 aromatic rings. The molecular formula is C14H15N3O2S. The van der Waals surface area contributed by atoms with Crippen LogP contribution in [-0.2, 0) is 10.0 Å². The molecule has 0 atom stereocenters. The molecular weight excluding hydrogens is 274 g/mol. The Labute approximate surface area is 117 Å². The van der Waals surface area contributed by atoms with Crippen LogP contribution < -0.4 is 0 Å². The lowest BCUT2D eigenvalue weighted by molar-refractivity contribution is 0.346. The molecule has 1 saturated heterocycles. The third kappa shape index (κ3) is 2.09. The largest absolute Gasteiger partial charge is 0.344 e.